The van der Waals surface area contributed by atoms with Gasteiger partial charge in [-0.05, 0) is 45.9 Å². The molecule has 0 spiro atoms. The molecular formula is C13H19Cl4NO. The van der Waals surface area contributed by atoms with Gasteiger partial charge in [0.2, 0.25) is 0 Å². The first-order valence-corrected chi connectivity index (χ1v) is 6.95. The van der Waals surface area contributed by atoms with Crippen molar-refractivity contribution in [2.75, 3.05) is 13.2 Å². The van der Waals surface area contributed by atoms with Crippen LogP contribution in [0.25, 0.3) is 0 Å². The molecule has 0 bridgehead atoms. The first-order valence-electron chi connectivity index (χ1n) is 5.82. The molecule has 0 radical (unpaired) electrons. The molecule has 6 heteroatoms. The summed E-state index contributed by atoms with van der Waals surface area (Å²) in [7, 11) is 0. The van der Waals surface area contributed by atoms with Crippen molar-refractivity contribution in [3.05, 3.63) is 27.2 Å². The van der Waals surface area contributed by atoms with Crippen LogP contribution in [0.5, 0.6) is 5.75 Å². The Labute approximate surface area is 136 Å². The Bertz CT molecular complexity index is 381. The SMILES string of the molecule is CC(C)(C)NCCCOc1c(Cl)cc(Cl)cc1Cl.Cl. The normalized spacial score (nSPS) is 11.1. The molecule has 0 atom stereocenters. The van der Waals surface area contributed by atoms with Crippen LogP contribution in [0.4, 0.5) is 0 Å². The van der Waals surface area contributed by atoms with Gasteiger partial charge < -0.3 is 10.1 Å². The van der Waals surface area contributed by atoms with Gasteiger partial charge in [0.05, 0.1) is 16.7 Å². The Morgan fingerprint density at radius 3 is 2.11 bits per heavy atom. The van der Waals surface area contributed by atoms with E-state index < -0.39 is 0 Å². The van der Waals surface area contributed by atoms with Crippen LogP contribution in [0.1, 0.15) is 27.2 Å². The van der Waals surface area contributed by atoms with E-state index in [2.05, 4.69) is 26.1 Å². The van der Waals surface area contributed by atoms with E-state index in [1.165, 1.54) is 0 Å². The third-order valence-electron chi connectivity index (χ3n) is 2.19. The van der Waals surface area contributed by atoms with Crippen LogP contribution >= 0.6 is 47.2 Å². The molecule has 0 saturated carbocycles. The number of nitrogens with one attached hydrogen (secondary N) is 1. The van der Waals surface area contributed by atoms with E-state index in [0.29, 0.717) is 27.4 Å². The predicted octanol–water partition coefficient (Wildman–Crippen LogP) is 5.23. The van der Waals surface area contributed by atoms with E-state index in [4.69, 9.17) is 39.5 Å². The number of rotatable bonds is 5. The number of hydrogen-bond donors (Lipinski definition) is 1. The van der Waals surface area contributed by atoms with Crippen LogP contribution in [-0.4, -0.2) is 18.7 Å². The first-order chi connectivity index (χ1) is 8.29. The molecule has 0 heterocycles. The van der Waals surface area contributed by atoms with Gasteiger partial charge in [0.25, 0.3) is 0 Å². The van der Waals surface area contributed by atoms with E-state index in [1.807, 2.05) is 0 Å². The van der Waals surface area contributed by atoms with Crippen molar-refractivity contribution >= 4 is 47.2 Å². The lowest BCUT2D eigenvalue weighted by Crippen LogP contribution is -2.36. The van der Waals surface area contributed by atoms with Gasteiger partial charge in [-0.3, -0.25) is 0 Å². The molecule has 0 amide bonds. The van der Waals surface area contributed by atoms with E-state index >= 15 is 0 Å². The van der Waals surface area contributed by atoms with Crippen molar-refractivity contribution < 1.29 is 4.74 Å². The zero-order valence-corrected chi connectivity index (χ0v) is 14.3. The van der Waals surface area contributed by atoms with E-state index in [0.717, 1.165) is 13.0 Å². The van der Waals surface area contributed by atoms with Crippen LogP contribution in [-0.2, 0) is 0 Å². The fourth-order valence-electron chi connectivity index (χ4n) is 1.38. The van der Waals surface area contributed by atoms with Crippen molar-refractivity contribution in [2.45, 2.75) is 32.7 Å². The Balaban J connectivity index is 0.00000324. The second-order valence-electron chi connectivity index (χ2n) is 5.08. The average Bonchev–Trinajstić information content (AvgIpc) is 2.19. The molecule has 0 aliphatic rings. The minimum atomic E-state index is 0. The smallest absolute Gasteiger partial charge is 0.156 e. The van der Waals surface area contributed by atoms with Gasteiger partial charge in [-0.1, -0.05) is 34.8 Å². The molecule has 19 heavy (non-hydrogen) atoms. The summed E-state index contributed by atoms with van der Waals surface area (Å²) in [6.07, 6.45) is 0.882. The summed E-state index contributed by atoms with van der Waals surface area (Å²) in [6, 6.07) is 3.25. The van der Waals surface area contributed by atoms with Gasteiger partial charge in [-0.15, -0.1) is 12.4 Å². The van der Waals surface area contributed by atoms with E-state index in [9.17, 15) is 0 Å². The summed E-state index contributed by atoms with van der Waals surface area (Å²) in [5, 5.41) is 4.77. The fraction of sp³-hybridized carbons (Fsp3) is 0.538. The quantitative estimate of drug-likeness (QED) is 0.737. The van der Waals surface area contributed by atoms with Crippen LogP contribution < -0.4 is 10.1 Å². The Morgan fingerprint density at radius 1 is 1.11 bits per heavy atom. The van der Waals surface area contributed by atoms with Crippen molar-refractivity contribution in [2.24, 2.45) is 0 Å². The van der Waals surface area contributed by atoms with Gasteiger partial charge in [0.1, 0.15) is 0 Å². The van der Waals surface area contributed by atoms with Gasteiger partial charge in [0.15, 0.2) is 5.75 Å². The monoisotopic (exact) mass is 345 g/mol. The van der Waals surface area contributed by atoms with Crippen molar-refractivity contribution in [3.8, 4) is 5.75 Å². The number of benzene rings is 1. The number of ether oxygens (including phenoxy) is 1. The predicted molar refractivity (Wildman–Crippen MR) is 86.6 cm³/mol. The Kier molecular flexibility index (Phi) is 8.49. The topological polar surface area (TPSA) is 21.3 Å². The zero-order valence-electron chi connectivity index (χ0n) is 11.2. The molecule has 2 nitrogen and oxygen atoms in total. The maximum Gasteiger partial charge on any atom is 0.156 e. The summed E-state index contributed by atoms with van der Waals surface area (Å²) in [6.45, 7) is 7.82. The lowest BCUT2D eigenvalue weighted by atomic mass is 10.1. The largest absolute Gasteiger partial charge is 0.490 e. The van der Waals surface area contributed by atoms with Gasteiger partial charge >= 0.3 is 0 Å². The average molecular weight is 347 g/mol. The van der Waals surface area contributed by atoms with Crippen LogP contribution in [0, 0.1) is 0 Å². The highest BCUT2D eigenvalue weighted by atomic mass is 35.5. The molecule has 0 saturated heterocycles. The maximum absolute atomic E-state index is 6.01. The molecule has 0 unspecified atom stereocenters. The van der Waals surface area contributed by atoms with Gasteiger partial charge in [-0.2, -0.15) is 0 Å². The molecule has 0 aliphatic heterocycles. The Morgan fingerprint density at radius 2 is 1.63 bits per heavy atom. The number of halogens is 4. The second-order valence-corrected chi connectivity index (χ2v) is 6.33. The highest BCUT2D eigenvalue weighted by molar-refractivity contribution is 6.40. The summed E-state index contributed by atoms with van der Waals surface area (Å²) in [5.74, 6) is 0.499. The molecule has 1 aromatic rings. The zero-order chi connectivity index (χ0) is 13.8. The minimum Gasteiger partial charge on any atom is -0.490 e. The third-order valence-corrected chi connectivity index (χ3v) is 2.97. The standard InChI is InChI=1S/C13H18Cl3NO.ClH/c1-13(2,3)17-5-4-6-18-12-10(15)7-9(14)8-11(12)16;/h7-8,17H,4-6H2,1-3H3;1H. The summed E-state index contributed by atoms with van der Waals surface area (Å²) in [4.78, 5) is 0. The lowest BCUT2D eigenvalue weighted by Gasteiger charge is -2.20. The van der Waals surface area contributed by atoms with E-state index in [-0.39, 0.29) is 17.9 Å². The first kappa shape index (κ1) is 19.1. The van der Waals surface area contributed by atoms with Crippen LogP contribution in [0.3, 0.4) is 0 Å². The molecule has 1 rings (SSSR count). The van der Waals surface area contributed by atoms with Crippen molar-refractivity contribution in [3.63, 3.8) is 0 Å². The summed E-state index contributed by atoms with van der Waals surface area (Å²) >= 11 is 17.8. The van der Waals surface area contributed by atoms with Crippen LogP contribution in [0.2, 0.25) is 15.1 Å². The highest BCUT2D eigenvalue weighted by Crippen LogP contribution is 2.35. The highest BCUT2D eigenvalue weighted by Gasteiger charge is 2.10. The minimum absolute atomic E-state index is 0. The molecular weight excluding hydrogens is 328 g/mol. The molecule has 110 valence electrons. The van der Waals surface area contributed by atoms with Crippen molar-refractivity contribution in [1.29, 1.82) is 0 Å². The Hall–Kier alpha value is 0.140. The summed E-state index contributed by atoms with van der Waals surface area (Å²) < 4.78 is 5.57. The fourth-order valence-corrected chi connectivity index (χ4v) is 2.30. The van der Waals surface area contributed by atoms with E-state index in [1.54, 1.807) is 12.1 Å². The number of hydrogen-bond acceptors (Lipinski definition) is 2. The summed E-state index contributed by atoms with van der Waals surface area (Å²) in [5.41, 5.74) is 0.121. The third kappa shape index (κ3) is 7.48. The van der Waals surface area contributed by atoms with Gasteiger partial charge in [-0.25, -0.2) is 0 Å². The molecule has 1 N–H and O–H groups in total. The molecule has 0 aliphatic carbocycles. The van der Waals surface area contributed by atoms with Crippen LogP contribution in [0.15, 0.2) is 12.1 Å². The lowest BCUT2D eigenvalue weighted by molar-refractivity contribution is 0.298. The maximum atomic E-state index is 6.01. The molecule has 1 aromatic carbocycles. The van der Waals surface area contributed by atoms with Crippen molar-refractivity contribution in [1.82, 2.24) is 5.32 Å². The molecule has 0 fully saturated rings. The van der Waals surface area contributed by atoms with Gasteiger partial charge in [0, 0.05) is 10.6 Å². The second kappa shape index (κ2) is 8.43. The molecule has 0 aromatic heterocycles.